The Hall–Kier alpha value is -0.0400. The smallest absolute Gasteiger partial charge is 0.0597 e. The molecule has 38 valence electrons. The van der Waals surface area contributed by atoms with Crippen molar-refractivity contribution in [1.82, 2.24) is 0 Å². The van der Waals surface area contributed by atoms with E-state index in [-0.39, 0.29) is 6.42 Å². The molecule has 1 atom stereocenters. The molecule has 1 heteroatoms. The molecule has 0 aliphatic rings. The van der Waals surface area contributed by atoms with Gasteiger partial charge in [-0.3, -0.25) is 0 Å². The molecule has 0 aromatic carbocycles. The van der Waals surface area contributed by atoms with Crippen LogP contribution >= 0.6 is 0 Å². The first-order valence-corrected chi connectivity index (χ1v) is 1.93. The molecule has 0 spiro atoms. The number of hydrogen-bond acceptors (Lipinski definition) is 1. The van der Waals surface area contributed by atoms with Crippen molar-refractivity contribution < 1.29 is 9.22 Å². The van der Waals surface area contributed by atoms with Crippen LogP contribution in [0.4, 0.5) is 0 Å². The molecule has 0 aliphatic carbocycles. The van der Waals surface area contributed by atoms with Crippen LogP contribution in [0.15, 0.2) is 0 Å². The molecule has 0 aliphatic heterocycles. The van der Waals surface area contributed by atoms with Crippen LogP contribution in [0, 0.1) is 0 Å². The zero-order valence-electron chi connectivity index (χ0n) is 7.15. The topological polar surface area (TPSA) is 20.2 Å². The van der Waals surface area contributed by atoms with E-state index in [0.717, 1.165) is 0 Å². The Kier molecular flexibility index (Phi) is 1.22. The Balaban J connectivity index is 3.75. The average Bonchev–Trinajstić information content (AvgIpc) is 1.14. The lowest BCUT2D eigenvalue weighted by molar-refractivity contribution is 0.183. The second kappa shape index (κ2) is 3.16. The molecule has 0 aromatic heterocycles. The van der Waals surface area contributed by atoms with Crippen molar-refractivity contribution in [2.24, 2.45) is 0 Å². The van der Waals surface area contributed by atoms with Crippen LogP contribution in [0.5, 0.6) is 0 Å². The monoisotopic (exact) mass is 91.1 g/mol. The Bertz CT molecular complexity index is 77.4. The molecule has 6 heavy (non-hydrogen) atoms. The highest BCUT2D eigenvalue weighted by atomic mass is 16.3. The van der Waals surface area contributed by atoms with Gasteiger partial charge in [0.05, 0.1) is 7.45 Å². The molecule has 0 saturated heterocycles. The SMILES string of the molecule is [2H]C([2H])(C)C[C@@]([2H])(C)O. The summed E-state index contributed by atoms with van der Waals surface area (Å²) in [6.07, 6.45) is -3.25. The van der Waals surface area contributed by atoms with Crippen LogP contribution in [-0.2, 0) is 0 Å². The van der Waals surface area contributed by atoms with Gasteiger partial charge in [-0.25, -0.2) is 0 Å². The van der Waals surface area contributed by atoms with Gasteiger partial charge < -0.3 is 5.11 Å². The molecule has 0 fully saturated rings. The third-order valence-electron chi connectivity index (χ3n) is 0.433. The third-order valence-corrected chi connectivity index (χ3v) is 0.433. The Morgan fingerprint density at radius 1 is 2.17 bits per heavy atom. The summed E-state index contributed by atoms with van der Waals surface area (Å²) in [6.45, 7) is 2.62. The van der Waals surface area contributed by atoms with Crippen LogP contribution in [0.3, 0.4) is 0 Å². The van der Waals surface area contributed by atoms with Crippen molar-refractivity contribution in [3.8, 4) is 0 Å². The second-order valence-electron chi connectivity index (χ2n) is 1.27. The Morgan fingerprint density at radius 2 is 2.67 bits per heavy atom. The highest BCUT2D eigenvalue weighted by Crippen LogP contribution is 1.91. The van der Waals surface area contributed by atoms with E-state index >= 15 is 0 Å². The standard InChI is InChI=1S/C5H12O/c1-3-4-5(2)6/h5-6H,3-4H2,1-2H3/t5-/m1/s1/i3D2,5D. The average molecular weight is 91.2 g/mol. The highest BCUT2D eigenvalue weighted by Gasteiger charge is 1.87. The second-order valence-corrected chi connectivity index (χ2v) is 1.27. The molecule has 0 aromatic rings. The van der Waals surface area contributed by atoms with E-state index in [1.165, 1.54) is 13.8 Å². The predicted octanol–water partition coefficient (Wildman–Crippen LogP) is 1.17. The molecule has 0 heterocycles. The lowest BCUT2D eigenvalue weighted by Gasteiger charge is -1.95. The lowest BCUT2D eigenvalue weighted by atomic mass is 10.2. The number of hydrogen-bond donors (Lipinski definition) is 1. The van der Waals surface area contributed by atoms with Crippen LogP contribution in [0.1, 0.15) is 30.8 Å². The van der Waals surface area contributed by atoms with Gasteiger partial charge in [0.2, 0.25) is 0 Å². The molecule has 0 amide bonds. The van der Waals surface area contributed by atoms with Crippen molar-refractivity contribution in [2.45, 2.75) is 32.7 Å². The van der Waals surface area contributed by atoms with Gasteiger partial charge in [0, 0.05) is 2.74 Å². The summed E-state index contributed by atoms with van der Waals surface area (Å²) < 4.78 is 20.9. The van der Waals surface area contributed by atoms with E-state index in [0.29, 0.717) is 0 Å². The molecule has 0 rings (SSSR count). The summed E-state index contributed by atoms with van der Waals surface area (Å²) in [7, 11) is 0. The van der Waals surface area contributed by atoms with Gasteiger partial charge in [-0.2, -0.15) is 0 Å². The zero-order valence-corrected chi connectivity index (χ0v) is 4.15. The molecular weight excluding hydrogens is 76.1 g/mol. The maximum atomic E-state index is 8.78. The van der Waals surface area contributed by atoms with Gasteiger partial charge in [0.1, 0.15) is 0 Å². The molecule has 0 bridgehead atoms. The summed E-state index contributed by atoms with van der Waals surface area (Å²) in [5, 5.41) is 8.78. The fraction of sp³-hybridized carbons (Fsp3) is 1.00. The van der Waals surface area contributed by atoms with Crippen molar-refractivity contribution in [3.05, 3.63) is 0 Å². The maximum Gasteiger partial charge on any atom is 0.0597 e. The lowest BCUT2D eigenvalue weighted by Crippen LogP contribution is -1.95. The van der Waals surface area contributed by atoms with E-state index in [2.05, 4.69) is 0 Å². The number of rotatable bonds is 2. The van der Waals surface area contributed by atoms with Gasteiger partial charge in [0.25, 0.3) is 0 Å². The third kappa shape index (κ3) is 3.96. The first kappa shape index (κ1) is 2.31. The molecule has 0 radical (unpaired) electrons. The van der Waals surface area contributed by atoms with Crippen LogP contribution in [0.2, 0.25) is 0 Å². The van der Waals surface area contributed by atoms with E-state index in [9.17, 15) is 0 Å². The minimum atomic E-state index is -1.64. The van der Waals surface area contributed by atoms with Gasteiger partial charge in [-0.15, -0.1) is 0 Å². The van der Waals surface area contributed by atoms with Gasteiger partial charge in [-0.1, -0.05) is 13.3 Å². The molecular formula is C5H12O. The van der Waals surface area contributed by atoms with E-state index in [1.807, 2.05) is 0 Å². The summed E-state index contributed by atoms with van der Waals surface area (Å²) in [6, 6.07) is 0. The largest absolute Gasteiger partial charge is 0.393 e. The summed E-state index contributed by atoms with van der Waals surface area (Å²) in [5.74, 6) is 0. The van der Waals surface area contributed by atoms with Crippen molar-refractivity contribution in [1.29, 1.82) is 0 Å². The van der Waals surface area contributed by atoms with E-state index in [1.54, 1.807) is 0 Å². The van der Waals surface area contributed by atoms with Crippen molar-refractivity contribution in [3.63, 3.8) is 0 Å². The predicted molar refractivity (Wildman–Crippen MR) is 26.6 cm³/mol. The summed E-state index contributed by atoms with van der Waals surface area (Å²) >= 11 is 0. The molecule has 0 saturated carbocycles. The van der Waals surface area contributed by atoms with Crippen LogP contribution in [0.25, 0.3) is 0 Å². The van der Waals surface area contributed by atoms with E-state index in [4.69, 9.17) is 9.22 Å². The fourth-order valence-electron chi connectivity index (χ4n) is 0.256. The minimum absolute atomic E-state index is 0.153. The van der Waals surface area contributed by atoms with Gasteiger partial charge >= 0.3 is 0 Å². The van der Waals surface area contributed by atoms with Gasteiger partial charge in [0.15, 0.2) is 0 Å². The summed E-state index contributed by atoms with van der Waals surface area (Å²) in [5.41, 5.74) is 0. The fourth-order valence-corrected chi connectivity index (χ4v) is 0.256. The number of aliphatic hydroxyl groups is 1. The van der Waals surface area contributed by atoms with Crippen molar-refractivity contribution >= 4 is 0 Å². The zero-order chi connectivity index (χ0) is 7.71. The Labute approximate surface area is 43.2 Å². The molecule has 1 N–H and O–H groups in total. The quantitative estimate of drug-likeness (QED) is 0.540. The molecule has 1 nitrogen and oxygen atoms in total. The van der Waals surface area contributed by atoms with Crippen LogP contribution in [-0.4, -0.2) is 11.2 Å². The minimum Gasteiger partial charge on any atom is -0.393 e. The van der Waals surface area contributed by atoms with E-state index < -0.39 is 12.5 Å². The maximum absolute atomic E-state index is 8.78. The normalized spacial score (nSPS) is 29.5. The van der Waals surface area contributed by atoms with Gasteiger partial charge in [-0.05, 0) is 13.3 Å². The summed E-state index contributed by atoms with van der Waals surface area (Å²) in [4.78, 5) is 0. The first-order chi connectivity index (χ1) is 3.71. The molecule has 0 unspecified atom stereocenters. The Morgan fingerprint density at radius 3 is 2.67 bits per heavy atom. The first-order valence-electron chi connectivity index (χ1n) is 3.43. The van der Waals surface area contributed by atoms with Crippen molar-refractivity contribution in [2.75, 3.05) is 0 Å². The van der Waals surface area contributed by atoms with Crippen LogP contribution < -0.4 is 0 Å². The highest BCUT2D eigenvalue weighted by molar-refractivity contribution is 4.40.